The van der Waals surface area contributed by atoms with E-state index in [-0.39, 0.29) is 23.3 Å². The number of rotatable bonds is 3. The standard InChI is InChI=1S/C12H16FNO3S/c13-10-4-9(5-12(15)6-10)7-14-11-2-1-3-18(16,17)8-11/h4-6,11,14-15H,1-3,7-8H2. The molecule has 6 heteroatoms. The van der Waals surface area contributed by atoms with Gasteiger partial charge in [-0.15, -0.1) is 0 Å². The number of halogens is 1. The van der Waals surface area contributed by atoms with E-state index in [0.29, 0.717) is 18.5 Å². The molecule has 1 aromatic carbocycles. The number of hydrogen-bond acceptors (Lipinski definition) is 4. The minimum absolute atomic E-state index is 0.0887. The second-order valence-electron chi connectivity index (χ2n) is 4.65. The quantitative estimate of drug-likeness (QED) is 0.868. The number of benzene rings is 1. The van der Waals surface area contributed by atoms with Gasteiger partial charge in [0.05, 0.1) is 11.5 Å². The van der Waals surface area contributed by atoms with Crippen molar-refractivity contribution in [2.45, 2.75) is 25.4 Å². The second kappa shape index (κ2) is 5.24. The highest BCUT2D eigenvalue weighted by Gasteiger charge is 2.24. The van der Waals surface area contributed by atoms with Gasteiger partial charge in [-0.05, 0) is 30.5 Å². The van der Waals surface area contributed by atoms with Gasteiger partial charge in [-0.25, -0.2) is 12.8 Å². The van der Waals surface area contributed by atoms with Gasteiger partial charge in [-0.2, -0.15) is 0 Å². The van der Waals surface area contributed by atoms with Crippen LogP contribution in [0.2, 0.25) is 0 Å². The summed E-state index contributed by atoms with van der Waals surface area (Å²) in [5.41, 5.74) is 0.607. The number of aromatic hydroxyl groups is 1. The van der Waals surface area contributed by atoms with E-state index in [1.54, 1.807) is 0 Å². The van der Waals surface area contributed by atoms with E-state index in [0.717, 1.165) is 12.5 Å². The summed E-state index contributed by atoms with van der Waals surface area (Å²) in [6.07, 6.45) is 1.47. The van der Waals surface area contributed by atoms with Crippen molar-refractivity contribution in [3.63, 3.8) is 0 Å². The third-order valence-corrected chi connectivity index (χ3v) is 4.82. The minimum atomic E-state index is -2.94. The SMILES string of the molecule is O=S1(=O)CCCC(NCc2cc(O)cc(F)c2)C1. The third kappa shape index (κ3) is 3.68. The van der Waals surface area contributed by atoms with E-state index < -0.39 is 15.7 Å². The van der Waals surface area contributed by atoms with Gasteiger partial charge in [-0.3, -0.25) is 0 Å². The molecule has 4 nitrogen and oxygen atoms in total. The van der Waals surface area contributed by atoms with E-state index in [4.69, 9.17) is 0 Å². The second-order valence-corrected chi connectivity index (χ2v) is 6.88. The van der Waals surface area contributed by atoms with Crippen molar-refractivity contribution < 1.29 is 17.9 Å². The van der Waals surface area contributed by atoms with Crippen LogP contribution in [0.3, 0.4) is 0 Å². The molecule has 0 bridgehead atoms. The normalized spacial score (nSPS) is 22.8. The van der Waals surface area contributed by atoms with Crippen LogP contribution >= 0.6 is 0 Å². The van der Waals surface area contributed by atoms with Crippen molar-refractivity contribution in [3.8, 4) is 5.75 Å². The van der Waals surface area contributed by atoms with Crippen LogP contribution in [-0.4, -0.2) is 31.1 Å². The van der Waals surface area contributed by atoms with Crippen molar-refractivity contribution in [2.24, 2.45) is 0 Å². The number of nitrogens with one attached hydrogen (secondary N) is 1. The molecule has 0 radical (unpaired) electrons. The summed E-state index contributed by atoms with van der Waals surface area (Å²) in [7, 11) is -2.94. The highest BCUT2D eigenvalue weighted by Crippen LogP contribution is 2.16. The minimum Gasteiger partial charge on any atom is -0.508 e. The molecular formula is C12H16FNO3S. The lowest BCUT2D eigenvalue weighted by atomic mass is 10.1. The Kier molecular flexibility index (Phi) is 3.87. The van der Waals surface area contributed by atoms with Crippen LogP contribution in [0.15, 0.2) is 18.2 Å². The summed E-state index contributed by atoms with van der Waals surface area (Å²) in [5, 5.41) is 12.3. The van der Waals surface area contributed by atoms with Crippen molar-refractivity contribution in [1.29, 1.82) is 0 Å². The number of phenolic OH excluding ortho intramolecular Hbond substituents is 1. The first-order chi connectivity index (χ1) is 8.44. The fraction of sp³-hybridized carbons (Fsp3) is 0.500. The average Bonchev–Trinajstić information content (AvgIpc) is 2.24. The Hall–Kier alpha value is -1.14. The van der Waals surface area contributed by atoms with Crippen molar-refractivity contribution in [3.05, 3.63) is 29.6 Å². The molecule has 1 aliphatic rings. The first kappa shape index (κ1) is 13.3. The highest BCUT2D eigenvalue weighted by molar-refractivity contribution is 7.91. The van der Waals surface area contributed by atoms with E-state index >= 15 is 0 Å². The van der Waals surface area contributed by atoms with Gasteiger partial charge in [0.1, 0.15) is 11.6 Å². The molecule has 1 fully saturated rings. The Bertz CT molecular complexity index is 510. The summed E-state index contributed by atoms with van der Waals surface area (Å²) in [6.45, 7) is 0.353. The molecule has 18 heavy (non-hydrogen) atoms. The van der Waals surface area contributed by atoms with Crippen molar-refractivity contribution >= 4 is 9.84 Å². The Balaban J connectivity index is 1.95. The summed E-state index contributed by atoms with van der Waals surface area (Å²) in [6, 6.07) is 3.74. The molecule has 0 spiro atoms. The molecule has 2 N–H and O–H groups in total. The van der Waals surface area contributed by atoms with Gasteiger partial charge < -0.3 is 10.4 Å². The van der Waals surface area contributed by atoms with Gasteiger partial charge in [0.2, 0.25) is 0 Å². The maximum absolute atomic E-state index is 13.0. The molecule has 2 rings (SSSR count). The summed E-state index contributed by atoms with van der Waals surface area (Å²) >= 11 is 0. The first-order valence-corrected chi connectivity index (χ1v) is 7.69. The van der Waals surface area contributed by atoms with Crippen LogP contribution in [0.5, 0.6) is 5.75 Å². The zero-order valence-electron chi connectivity index (χ0n) is 9.89. The average molecular weight is 273 g/mol. The smallest absolute Gasteiger partial charge is 0.151 e. The summed E-state index contributed by atoms with van der Waals surface area (Å²) in [4.78, 5) is 0. The Morgan fingerprint density at radius 2 is 2.17 bits per heavy atom. The number of hydrogen-bond donors (Lipinski definition) is 2. The van der Waals surface area contributed by atoms with Crippen LogP contribution < -0.4 is 5.32 Å². The van der Waals surface area contributed by atoms with Crippen molar-refractivity contribution in [2.75, 3.05) is 11.5 Å². The van der Waals surface area contributed by atoms with Gasteiger partial charge in [0.25, 0.3) is 0 Å². The molecule has 1 unspecified atom stereocenters. The third-order valence-electron chi connectivity index (χ3n) is 3.00. The molecule has 0 aliphatic carbocycles. The Labute approximate surface area is 106 Å². The topological polar surface area (TPSA) is 66.4 Å². The van der Waals surface area contributed by atoms with Crippen LogP contribution in [0.1, 0.15) is 18.4 Å². The fourth-order valence-corrected chi connectivity index (χ4v) is 3.85. The zero-order chi connectivity index (χ0) is 13.2. The van der Waals surface area contributed by atoms with Gasteiger partial charge in [0, 0.05) is 18.7 Å². The number of sulfone groups is 1. The molecule has 1 aliphatic heterocycles. The van der Waals surface area contributed by atoms with Gasteiger partial charge in [0.15, 0.2) is 9.84 Å². The maximum atomic E-state index is 13.0. The fourth-order valence-electron chi connectivity index (χ4n) is 2.18. The molecule has 0 amide bonds. The molecule has 1 aromatic rings. The van der Waals surface area contributed by atoms with Crippen molar-refractivity contribution in [1.82, 2.24) is 5.32 Å². The lowest BCUT2D eigenvalue weighted by molar-refractivity contribution is 0.461. The molecule has 100 valence electrons. The van der Waals surface area contributed by atoms with E-state index in [2.05, 4.69) is 5.32 Å². The van der Waals surface area contributed by atoms with Crippen LogP contribution in [0.4, 0.5) is 4.39 Å². The predicted octanol–water partition coefficient (Wildman–Crippen LogP) is 1.20. The Morgan fingerprint density at radius 3 is 2.83 bits per heavy atom. The maximum Gasteiger partial charge on any atom is 0.151 e. The lowest BCUT2D eigenvalue weighted by Gasteiger charge is -2.23. The molecule has 1 saturated heterocycles. The van der Waals surface area contributed by atoms with Gasteiger partial charge >= 0.3 is 0 Å². The van der Waals surface area contributed by atoms with E-state index in [9.17, 15) is 17.9 Å². The van der Waals surface area contributed by atoms with E-state index in [1.807, 2.05) is 0 Å². The molecular weight excluding hydrogens is 257 g/mol. The molecule has 1 atom stereocenters. The monoisotopic (exact) mass is 273 g/mol. The molecule has 1 heterocycles. The summed E-state index contributed by atoms with van der Waals surface area (Å²) in [5.74, 6) is -0.230. The Morgan fingerprint density at radius 1 is 1.39 bits per heavy atom. The first-order valence-electron chi connectivity index (χ1n) is 5.87. The lowest BCUT2D eigenvalue weighted by Crippen LogP contribution is -2.39. The predicted molar refractivity (Wildman–Crippen MR) is 66.6 cm³/mol. The van der Waals surface area contributed by atoms with Crippen LogP contribution in [0.25, 0.3) is 0 Å². The highest BCUT2D eigenvalue weighted by atomic mass is 32.2. The zero-order valence-corrected chi connectivity index (χ0v) is 10.7. The molecule has 0 saturated carbocycles. The molecule has 0 aromatic heterocycles. The van der Waals surface area contributed by atoms with Crippen LogP contribution in [-0.2, 0) is 16.4 Å². The van der Waals surface area contributed by atoms with Gasteiger partial charge in [-0.1, -0.05) is 0 Å². The number of phenols is 1. The van der Waals surface area contributed by atoms with Crippen LogP contribution in [0, 0.1) is 5.82 Å². The van der Waals surface area contributed by atoms with E-state index in [1.165, 1.54) is 12.1 Å². The summed E-state index contributed by atoms with van der Waals surface area (Å²) < 4.78 is 35.9. The largest absolute Gasteiger partial charge is 0.508 e.